The van der Waals surface area contributed by atoms with Crippen molar-refractivity contribution in [3.63, 3.8) is 0 Å². The van der Waals surface area contributed by atoms with Gasteiger partial charge >= 0.3 is 15.5 Å². The molecule has 0 aliphatic carbocycles. The second-order valence-electron chi connectivity index (χ2n) is 16.1. The summed E-state index contributed by atoms with van der Waals surface area (Å²) in [5, 5.41) is 0. The third kappa shape index (κ3) is 5.18. The molecule has 0 aromatic carbocycles. The minimum atomic E-state index is -5.49. The van der Waals surface area contributed by atoms with Crippen molar-refractivity contribution in [1.82, 2.24) is 3.64 Å². The van der Waals surface area contributed by atoms with Crippen LogP contribution in [0.1, 0.15) is 0 Å². The van der Waals surface area contributed by atoms with E-state index in [0.29, 0.717) is 0 Å². The average Bonchev–Trinajstić information content (AvgIpc) is 2.35. The van der Waals surface area contributed by atoms with Crippen LogP contribution in [0.5, 0.6) is 0 Å². The number of rotatable bonds is 9. The third-order valence-electron chi connectivity index (χ3n) is 7.65. The monoisotopic (exact) mass is 641 g/mol. The van der Waals surface area contributed by atoms with Crippen LogP contribution in [0.25, 0.3) is 0 Å². The van der Waals surface area contributed by atoms with Gasteiger partial charge in [0.1, 0.15) is 13.6 Å². The van der Waals surface area contributed by atoms with Crippen molar-refractivity contribution < 1.29 is 21.6 Å². The van der Waals surface area contributed by atoms with Gasteiger partial charge in [0.05, 0.1) is 45.5 Å². The summed E-state index contributed by atoms with van der Waals surface area (Å²) in [6.07, 6.45) is 0. The molecule has 0 N–H and O–H groups in total. The zero-order valence-corrected chi connectivity index (χ0v) is 34.1. The van der Waals surface area contributed by atoms with Gasteiger partial charge in [-0.15, -0.1) is 0 Å². The Kier molecular flexibility index (Phi) is 9.66. The largest absolute Gasteiger partial charge is 0.510 e. The predicted octanol–water partition coefficient (Wildman–Crippen LogP) is 7.53. The zero-order valence-electron chi connectivity index (χ0n) is 25.3. The van der Waals surface area contributed by atoms with Crippen LogP contribution in [0.4, 0.5) is 13.2 Å². The Labute approximate surface area is 216 Å². The Morgan fingerprint density at radius 1 is 0.441 bits per heavy atom. The van der Waals surface area contributed by atoms with E-state index < -0.39 is 74.7 Å². The topological polar surface area (TPSA) is 37.4 Å². The SMILES string of the molecule is C[Si](C)(C)[Si](N([Si]([Si](C)(C)C)([Si](C)(C)C)[Si](C)(C)C)S(=O)(=O)C(F)(F)F)([Si](C)(C)C)[Si](C)(C)C. The first-order valence-corrected chi connectivity index (χ1v) is 44.6. The van der Waals surface area contributed by atoms with Crippen LogP contribution in [0.15, 0.2) is 0 Å². The second-order valence-corrected chi connectivity index (χ2v) is 98.8. The summed E-state index contributed by atoms with van der Waals surface area (Å²) in [6.45, 7) is 33.6. The number of nitrogens with zero attached hydrogens (tertiary/aromatic N) is 1. The van der Waals surface area contributed by atoms with Gasteiger partial charge in [-0.1, -0.05) is 118 Å². The van der Waals surface area contributed by atoms with E-state index in [4.69, 9.17) is 0 Å². The van der Waals surface area contributed by atoms with E-state index in [9.17, 15) is 21.6 Å². The minimum absolute atomic E-state index is 1.64. The molecule has 0 aliphatic heterocycles. The fourth-order valence-corrected chi connectivity index (χ4v) is 263. The normalized spacial score (nSPS) is 16.9. The fourth-order valence-electron chi connectivity index (χ4n) is 9.29. The summed E-state index contributed by atoms with van der Waals surface area (Å²) in [7, 11) is -19.9. The number of sulfonamides is 1. The van der Waals surface area contributed by atoms with Gasteiger partial charge in [0.15, 0.2) is 0 Å². The lowest BCUT2D eigenvalue weighted by atomic mass is 11.6. The molecule has 0 aliphatic rings. The first-order valence-electron chi connectivity index (χ1n) is 12.2. The van der Waals surface area contributed by atoms with Gasteiger partial charge < -0.3 is 0 Å². The summed E-state index contributed by atoms with van der Waals surface area (Å²) in [4.78, 5) is 0. The van der Waals surface area contributed by atoms with Crippen molar-refractivity contribution in [2.24, 2.45) is 0 Å². The standard InChI is InChI=1S/C19H54F3NO2SSi8/c1-27(2,3)33(28(4,5)6,29(7,8)9)23(26(24,25)19(20,21)22)34(30(10,11)12,31(13,14)15)32(16,17)18/h1-18H3. The molecule has 0 heterocycles. The molecule has 0 saturated heterocycles. The predicted molar refractivity (Wildman–Crippen MR) is 168 cm³/mol. The molecule has 0 saturated carbocycles. The third-order valence-corrected chi connectivity index (χ3v) is 159. The van der Waals surface area contributed by atoms with E-state index in [1.54, 1.807) is 3.64 Å². The minimum Gasteiger partial charge on any atom is -0.251 e. The lowest BCUT2D eigenvalue weighted by Crippen LogP contribution is -3.02. The summed E-state index contributed by atoms with van der Waals surface area (Å²) in [5.74, 6) is 0. The van der Waals surface area contributed by atoms with Crippen LogP contribution < -0.4 is 0 Å². The Bertz CT molecular complexity index is 731. The molecule has 34 heavy (non-hydrogen) atoms. The maximum absolute atomic E-state index is 15.0. The summed E-state index contributed by atoms with van der Waals surface area (Å²) in [6, 6.07) is 0. The summed E-state index contributed by atoms with van der Waals surface area (Å²) >= 11 is 0. The zero-order chi connectivity index (χ0) is 28.6. The van der Waals surface area contributed by atoms with E-state index in [0.717, 1.165) is 0 Å². The molecule has 0 radical (unpaired) electrons. The molecule has 0 unspecified atom stereocenters. The van der Waals surface area contributed by atoms with Crippen molar-refractivity contribution in [2.75, 3.05) is 0 Å². The lowest BCUT2D eigenvalue weighted by molar-refractivity contribution is -0.0458. The van der Waals surface area contributed by atoms with Crippen LogP contribution in [0.2, 0.25) is 118 Å². The Morgan fingerprint density at radius 3 is 0.676 bits per heavy atom. The molecule has 0 amide bonds. The van der Waals surface area contributed by atoms with E-state index in [1.807, 2.05) is 0 Å². The van der Waals surface area contributed by atoms with E-state index in [1.165, 1.54) is 0 Å². The highest BCUT2D eigenvalue weighted by Gasteiger charge is 2.80. The van der Waals surface area contributed by atoms with Crippen molar-refractivity contribution in [1.29, 1.82) is 0 Å². The fraction of sp³-hybridized carbons (Fsp3) is 1.00. The highest BCUT2D eigenvalue weighted by atomic mass is 32.2. The molecule has 206 valence electrons. The molecule has 15 heteroatoms. The first-order chi connectivity index (χ1) is 14.1. The van der Waals surface area contributed by atoms with Crippen LogP contribution >= 0.6 is 0 Å². The quantitative estimate of drug-likeness (QED) is 0.244. The molecule has 0 spiro atoms. The highest BCUT2D eigenvalue weighted by molar-refractivity contribution is 8.07. The van der Waals surface area contributed by atoms with E-state index >= 15 is 0 Å². The molecule has 0 aromatic rings. The van der Waals surface area contributed by atoms with Gasteiger partial charge in [0, 0.05) is 0 Å². The van der Waals surface area contributed by atoms with Gasteiger partial charge in [-0.25, -0.2) is 8.42 Å². The Hall–Kier alpha value is 1.44. The lowest BCUT2D eigenvalue weighted by Gasteiger charge is -2.72. The van der Waals surface area contributed by atoms with Crippen molar-refractivity contribution in [3.05, 3.63) is 0 Å². The molecular formula is C19H54F3NO2SSi8. The van der Waals surface area contributed by atoms with Crippen molar-refractivity contribution >= 4 is 69.1 Å². The first kappa shape index (κ1) is 35.4. The molecule has 0 bridgehead atoms. The van der Waals surface area contributed by atoms with Gasteiger partial charge in [-0.2, -0.15) is 13.2 Å². The van der Waals surface area contributed by atoms with Crippen molar-refractivity contribution in [2.45, 2.75) is 123 Å². The summed E-state index contributed by atoms with van der Waals surface area (Å²) < 4.78 is 75.2. The van der Waals surface area contributed by atoms with Gasteiger partial charge in [-0.3, -0.25) is 3.64 Å². The summed E-state index contributed by atoms with van der Waals surface area (Å²) in [5.41, 5.74) is -5.26. The molecule has 0 rings (SSSR count). The van der Waals surface area contributed by atoms with Gasteiger partial charge in [-0.05, 0) is 0 Å². The number of hydrogen-bond donors (Lipinski definition) is 0. The maximum atomic E-state index is 15.0. The van der Waals surface area contributed by atoms with Crippen LogP contribution in [-0.2, 0) is 10.0 Å². The van der Waals surface area contributed by atoms with Crippen LogP contribution in [0.3, 0.4) is 0 Å². The molecule has 0 atom stereocenters. The molecule has 3 nitrogen and oxygen atoms in total. The maximum Gasteiger partial charge on any atom is 0.510 e. The Balaban J connectivity index is 9.10. The highest BCUT2D eigenvalue weighted by Crippen LogP contribution is 2.52. The number of alkyl halides is 3. The average molecular weight is 642 g/mol. The van der Waals surface area contributed by atoms with E-state index in [-0.39, 0.29) is 0 Å². The smallest absolute Gasteiger partial charge is 0.251 e. The molecule has 0 aromatic heterocycles. The van der Waals surface area contributed by atoms with Gasteiger partial charge in [0.2, 0.25) is 0 Å². The number of hydrogen-bond acceptors (Lipinski definition) is 2. The molecule has 0 fully saturated rings. The Morgan fingerprint density at radius 2 is 0.588 bits per heavy atom. The van der Waals surface area contributed by atoms with E-state index in [2.05, 4.69) is 118 Å². The second kappa shape index (κ2) is 9.27. The number of halogens is 3. The van der Waals surface area contributed by atoms with Gasteiger partial charge in [0.25, 0.3) is 0 Å². The van der Waals surface area contributed by atoms with Crippen LogP contribution in [-0.4, -0.2) is 76.7 Å². The molecular weight excluding hydrogens is 588 g/mol. The van der Waals surface area contributed by atoms with Crippen molar-refractivity contribution in [3.8, 4) is 0 Å². The van der Waals surface area contributed by atoms with Crippen LogP contribution in [0, 0.1) is 0 Å².